The van der Waals surface area contributed by atoms with Crippen LogP contribution in [0.3, 0.4) is 0 Å². The van der Waals surface area contributed by atoms with Crippen LogP contribution in [-0.4, -0.2) is 71.4 Å². The molecule has 2 aliphatic heterocycles. The molecule has 1 saturated heterocycles. The number of methoxy groups -OCH3 is 1. The predicted octanol–water partition coefficient (Wildman–Crippen LogP) is 1.72. The number of aromatic nitrogens is 3. The lowest BCUT2D eigenvalue weighted by Crippen LogP contribution is -2.39. The Labute approximate surface area is 164 Å². The van der Waals surface area contributed by atoms with Gasteiger partial charge in [-0.3, -0.25) is 4.79 Å². The van der Waals surface area contributed by atoms with Crippen LogP contribution < -0.4 is 5.32 Å². The molecular weight excluding hydrogens is 358 g/mol. The number of anilines is 1. The average Bonchev–Trinajstić information content (AvgIpc) is 3.06. The van der Waals surface area contributed by atoms with Crippen LogP contribution in [0.1, 0.15) is 28.9 Å². The number of nitrogens with zero attached hydrogens (tertiary/aromatic N) is 4. The fourth-order valence-electron chi connectivity index (χ4n) is 3.90. The van der Waals surface area contributed by atoms with E-state index in [9.17, 15) is 4.79 Å². The molecule has 2 aromatic rings. The van der Waals surface area contributed by atoms with Gasteiger partial charge in [0.15, 0.2) is 0 Å². The third-order valence-corrected chi connectivity index (χ3v) is 5.53. The van der Waals surface area contributed by atoms with Gasteiger partial charge in [-0.05, 0) is 25.0 Å². The van der Waals surface area contributed by atoms with E-state index in [4.69, 9.17) is 14.5 Å². The zero-order valence-electron chi connectivity index (χ0n) is 16.5. The van der Waals surface area contributed by atoms with Crippen LogP contribution in [-0.2, 0) is 22.9 Å². The van der Waals surface area contributed by atoms with Crippen LogP contribution in [0, 0.1) is 0 Å². The lowest BCUT2D eigenvalue weighted by atomic mass is 10.1. The maximum absolute atomic E-state index is 12.8. The largest absolute Gasteiger partial charge is 0.383 e. The first-order valence-corrected chi connectivity index (χ1v) is 9.82. The van der Waals surface area contributed by atoms with Gasteiger partial charge in [-0.2, -0.15) is 0 Å². The van der Waals surface area contributed by atoms with E-state index < -0.39 is 0 Å². The summed E-state index contributed by atoms with van der Waals surface area (Å²) in [6.45, 7) is 3.42. The van der Waals surface area contributed by atoms with Gasteiger partial charge in [0.05, 0.1) is 23.6 Å². The predicted molar refractivity (Wildman–Crippen MR) is 105 cm³/mol. The third kappa shape index (κ3) is 3.74. The van der Waals surface area contributed by atoms with Gasteiger partial charge in [0.1, 0.15) is 0 Å². The Morgan fingerprint density at radius 3 is 2.96 bits per heavy atom. The molecule has 0 radical (unpaired) electrons. The molecule has 8 heteroatoms. The molecule has 0 spiro atoms. The highest BCUT2D eigenvalue weighted by molar-refractivity contribution is 5.98. The van der Waals surface area contributed by atoms with Gasteiger partial charge in [0, 0.05) is 64.8 Å². The first kappa shape index (κ1) is 18.9. The summed E-state index contributed by atoms with van der Waals surface area (Å²) in [5.74, 6) is 0.686. The van der Waals surface area contributed by atoms with E-state index in [-0.39, 0.29) is 5.91 Å². The summed E-state index contributed by atoms with van der Waals surface area (Å²) >= 11 is 0. The molecule has 150 valence electrons. The molecule has 28 heavy (non-hydrogen) atoms. The number of ether oxygens (including phenoxy) is 2. The second kappa shape index (κ2) is 8.28. The Bertz CT molecular complexity index is 844. The van der Waals surface area contributed by atoms with Crippen molar-refractivity contribution in [2.75, 3.05) is 45.3 Å². The number of hydrogen-bond acceptors (Lipinski definition) is 6. The van der Waals surface area contributed by atoms with Gasteiger partial charge in [0.25, 0.3) is 5.91 Å². The smallest absolute Gasteiger partial charge is 0.255 e. The SMILES string of the molecule is COCCN1CCc2c(cc(-c3ccnc(NC4CCOCC4)n3)n2C)C1=O. The summed E-state index contributed by atoms with van der Waals surface area (Å²) < 4.78 is 12.6. The molecule has 1 amide bonds. The number of carbonyl (C=O) groups excluding carboxylic acids is 1. The average molecular weight is 385 g/mol. The van der Waals surface area contributed by atoms with Crippen LogP contribution in [0.15, 0.2) is 18.3 Å². The molecule has 2 aromatic heterocycles. The second-order valence-electron chi connectivity index (χ2n) is 7.28. The molecule has 0 unspecified atom stereocenters. The standard InChI is InChI=1S/C20H27N5O3/c1-24-17-4-8-25(9-12-27-2)19(26)15(17)13-18(24)16-3-7-21-20(23-16)22-14-5-10-28-11-6-14/h3,7,13-14H,4-6,8-12H2,1-2H3,(H,21,22,23). The highest BCUT2D eigenvalue weighted by atomic mass is 16.5. The third-order valence-electron chi connectivity index (χ3n) is 5.53. The van der Waals surface area contributed by atoms with Gasteiger partial charge in [-0.1, -0.05) is 0 Å². The van der Waals surface area contributed by atoms with Gasteiger partial charge in [-0.25, -0.2) is 9.97 Å². The Morgan fingerprint density at radius 2 is 2.18 bits per heavy atom. The van der Waals surface area contributed by atoms with Gasteiger partial charge >= 0.3 is 0 Å². The number of hydrogen-bond donors (Lipinski definition) is 1. The van der Waals surface area contributed by atoms with Gasteiger partial charge in [-0.15, -0.1) is 0 Å². The maximum Gasteiger partial charge on any atom is 0.255 e. The van der Waals surface area contributed by atoms with Crippen LogP contribution in [0.2, 0.25) is 0 Å². The Balaban J connectivity index is 1.57. The van der Waals surface area contributed by atoms with E-state index in [0.717, 1.165) is 55.1 Å². The van der Waals surface area contributed by atoms with E-state index in [1.165, 1.54) is 0 Å². The van der Waals surface area contributed by atoms with Gasteiger partial charge in [0.2, 0.25) is 5.95 Å². The van der Waals surface area contributed by atoms with Crippen LogP contribution in [0.25, 0.3) is 11.4 Å². The summed E-state index contributed by atoms with van der Waals surface area (Å²) in [6.07, 6.45) is 4.51. The first-order valence-electron chi connectivity index (χ1n) is 9.82. The summed E-state index contributed by atoms with van der Waals surface area (Å²) in [5, 5.41) is 3.41. The molecule has 0 atom stereocenters. The summed E-state index contributed by atoms with van der Waals surface area (Å²) in [5.41, 5.74) is 3.57. The van der Waals surface area contributed by atoms with Crippen molar-refractivity contribution in [2.45, 2.75) is 25.3 Å². The summed E-state index contributed by atoms with van der Waals surface area (Å²) in [7, 11) is 3.65. The van der Waals surface area contributed by atoms with Crippen molar-refractivity contribution in [3.8, 4) is 11.4 Å². The Morgan fingerprint density at radius 1 is 1.36 bits per heavy atom. The Kier molecular flexibility index (Phi) is 5.59. The van der Waals surface area contributed by atoms with E-state index in [1.54, 1.807) is 13.3 Å². The zero-order chi connectivity index (χ0) is 19.5. The molecule has 0 aliphatic carbocycles. The molecule has 0 aromatic carbocycles. The monoisotopic (exact) mass is 385 g/mol. The number of carbonyl (C=O) groups is 1. The molecule has 1 N–H and O–H groups in total. The number of rotatable bonds is 6. The quantitative estimate of drug-likeness (QED) is 0.815. The molecule has 0 saturated carbocycles. The van der Waals surface area contributed by atoms with Crippen LogP contribution in [0.4, 0.5) is 5.95 Å². The van der Waals surface area contributed by atoms with E-state index >= 15 is 0 Å². The summed E-state index contributed by atoms with van der Waals surface area (Å²) in [4.78, 5) is 23.8. The highest BCUT2D eigenvalue weighted by Gasteiger charge is 2.28. The summed E-state index contributed by atoms with van der Waals surface area (Å²) in [6, 6.07) is 4.18. The van der Waals surface area contributed by atoms with Crippen LogP contribution >= 0.6 is 0 Å². The molecule has 4 heterocycles. The lowest BCUT2D eigenvalue weighted by Gasteiger charge is -2.27. The first-order chi connectivity index (χ1) is 13.7. The Hall–Kier alpha value is -2.45. The van der Waals surface area contributed by atoms with Crippen molar-refractivity contribution in [1.29, 1.82) is 0 Å². The fourth-order valence-corrected chi connectivity index (χ4v) is 3.90. The molecule has 8 nitrogen and oxygen atoms in total. The highest BCUT2D eigenvalue weighted by Crippen LogP contribution is 2.28. The number of nitrogens with one attached hydrogen (secondary N) is 1. The maximum atomic E-state index is 12.8. The van der Waals surface area contributed by atoms with E-state index in [2.05, 4.69) is 14.9 Å². The number of amides is 1. The molecule has 4 rings (SSSR count). The normalized spacial score (nSPS) is 17.6. The second-order valence-corrected chi connectivity index (χ2v) is 7.28. The molecule has 1 fully saturated rings. The topological polar surface area (TPSA) is 81.5 Å². The fraction of sp³-hybridized carbons (Fsp3) is 0.550. The van der Waals surface area contributed by atoms with Crippen molar-refractivity contribution in [1.82, 2.24) is 19.4 Å². The van der Waals surface area contributed by atoms with Crippen LogP contribution in [0.5, 0.6) is 0 Å². The van der Waals surface area contributed by atoms with Crippen molar-refractivity contribution in [2.24, 2.45) is 7.05 Å². The number of fused-ring (bicyclic) bond motifs is 1. The molecular formula is C20H27N5O3. The zero-order valence-corrected chi connectivity index (χ0v) is 16.5. The molecule has 2 aliphatic rings. The van der Waals surface area contributed by atoms with Crippen molar-refractivity contribution in [3.63, 3.8) is 0 Å². The van der Waals surface area contributed by atoms with Crippen molar-refractivity contribution in [3.05, 3.63) is 29.6 Å². The minimum Gasteiger partial charge on any atom is -0.383 e. The lowest BCUT2D eigenvalue weighted by molar-refractivity contribution is 0.0677. The molecule has 0 bridgehead atoms. The van der Waals surface area contributed by atoms with Crippen molar-refractivity contribution >= 4 is 11.9 Å². The van der Waals surface area contributed by atoms with E-state index in [0.29, 0.717) is 31.7 Å². The van der Waals surface area contributed by atoms with E-state index in [1.807, 2.05) is 24.1 Å². The minimum absolute atomic E-state index is 0.0646. The van der Waals surface area contributed by atoms with Crippen molar-refractivity contribution < 1.29 is 14.3 Å². The van der Waals surface area contributed by atoms with Gasteiger partial charge < -0.3 is 24.3 Å². The minimum atomic E-state index is 0.0646.